The highest BCUT2D eigenvalue weighted by atomic mass is 79.9. The predicted octanol–water partition coefficient (Wildman–Crippen LogP) is 3.66. The second-order valence-electron chi connectivity index (χ2n) is 3.88. The summed E-state index contributed by atoms with van der Waals surface area (Å²) >= 11 is 3.40. The molecule has 96 valence electrons. The lowest BCUT2D eigenvalue weighted by Gasteiger charge is -2.13. The van der Waals surface area contributed by atoms with E-state index in [2.05, 4.69) is 27.3 Å². The maximum Gasteiger partial charge on any atom is 0.143 e. The SMILES string of the molecule is COc1cc(C#N)ccc1Nc1cc(Br)ccc1N. The average Bonchev–Trinajstić information content (AvgIpc) is 2.43. The van der Waals surface area contributed by atoms with Gasteiger partial charge in [-0.2, -0.15) is 5.26 Å². The van der Waals surface area contributed by atoms with E-state index >= 15 is 0 Å². The van der Waals surface area contributed by atoms with Crippen LogP contribution in [0.5, 0.6) is 5.75 Å². The summed E-state index contributed by atoms with van der Waals surface area (Å²) in [5.41, 5.74) is 8.62. The van der Waals surface area contributed by atoms with Gasteiger partial charge in [0.25, 0.3) is 0 Å². The predicted molar refractivity (Wildman–Crippen MR) is 79.5 cm³/mol. The van der Waals surface area contributed by atoms with Crippen molar-refractivity contribution in [1.29, 1.82) is 5.26 Å². The van der Waals surface area contributed by atoms with Crippen molar-refractivity contribution in [2.45, 2.75) is 0 Å². The fourth-order valence-electron chi connectivity index (χ4n) is 1.65. The second kappa shape index (κ2) is 5.63. The maximum atomic E-state index is 8.87. The van der Waals surface area contributed by atoms with Gasteiger partial charge in [-0.25, -0.2) is 0 Å². The highest BCUT2D eigenvalue weighted by Gasteiger charge is 2.07. The van der Waals surface area contributed by atoms with Crippen molar-refractivity contribution in [2.75, 3.05) is 18.2 Å². The van der Waals surface area contributed by atoms with Crippen molar-refractivity contribution in [3.8, 4) is 11.8 Å². The molecule has 2 aromatic rings. The Balaban J connectivity index is 2.38. The summed E-state index contributed by atoms with van der Waals surface area (Å²) in [6.07, 6.45) is 0. The molecule has 5 heteroatoms. The third-order valence-corrected chi connectivity index (χ3v) is 3.11. The molecule has 0 heterocycles. The van der Waals surface area contributed by atoms with E-state index in [1.165, 1.54) is 0 Å². The molecule has 0 saturated carbocycles. The molecule has 0 aliphatic heterocycles. The van der Waals surface area contributed by atoms with Crippen LogP contribution in [0.1, 0.15) is 5.56 Å². The number of nitriles is 1. The Kier molecular flexibility index (Phi) is 3.93. The monoisotopic (exact) mass is 317 g/mol. The number of nitrogen functional groups attached to an aromatic ring is 1. The molecule has 19 heavy (non-hydrogen) atoms. The van der Waals surface area contributed by atoms with Gasteiger partial charge in [-0.3, -0.25) is 0 Å². The Morgan fingerprint density at radius 1 is 1.21 bits per heavy atom. The van der Waals surface area contributed by atoms with Crippen LogP contribution in [0.15, 0.2) is 40.9 Å². The number of hydrogen-bond donors (Lipinski definition) is 2. The first kappa shape index (κ1) is 13.2. The van der Waals surface area contributed by atoms with Gasteiger partial charge >= 0.3 is 0 Å². The highest BCUT2D eigenvalue weighted by Crippen LogP contribution is 2.32. The van der Waals surface area contributed by atoms with Gasteiger partial charge < -0.3 is 15.8 Å². The molecule has 0 unspecified atom stereocenters. The van der Waals surface area contributed by atoms with Gasteiger partial charge in [-0.05, 0) is 30.3 Å². The molecule has 2 aromatic carbocycles. The first-order chi connectivity index (χ1) is 9.13. The van der Waals surface area contributed by atoms with E-state index in [9.17, 15) is 0 Å². The van der Waals surface area contributed by atoms with Gasteiger partial charge in [0.15, 0.2) is 0 Å². The number of halogens is 1. The van der Waals surface area contributed by atoms with Gasteiger partial charge in [0.2, 0.25) is 0 Å². The van der Waals surface area contributed by atoms with Crippen molar-refractivity contribution >= 4 is 33.0 Å². The standard InChI is InChI=1S/C14H12BrN3O/c1-19-14-6-9(8-16)2-5-12(14)18-13-7-10(15)3-4-11(13)17/h2-7,18H,17H2,1H3. The van der Waals surface area contributed by atoms with Gasteiger partial charge in [0.05, 0.1) is 35.8 Å². The summed E-state index contributed by atoms with van der Waals surface area (Å²) in [6.45, 7) is 0. The number of benzene rings is 2. The van der Waals surface area contributed by atoms with Crippen LogP contribution in [0.4, 0.5) is 17.1 Å². The molecule has 0 aliphatic rings. The van der Waals surface area contributed by atoms with Crippen LogP contribution in [0.25, 0.3) is 0 Å². The first-order valence-corrected chi connectivity index (χ1v) is 6.33. The average molecular weight is 318 g/mol. The number of nitrogens with one attached hydrogen (secondary N) is 1. The molecule has 0 bridgehead atoms. The van der Waals surface area contributed by atoms with E-state index in [1.807, 2.05) is 18.2 Å². The topological polar surface area (TPSA) is 71.1 Å². The Labute approximate surface area is 119 Å². The molecule has 0 aromatic heterocycles. The molecule has 0 atom stereocenters. The molecule has 0 spiro atoms. The number of hydrogen-bond acceptors (Lipinski definition) is 4. The number of ether oxygens (including phenoxy) is 1. The molecule has 2 rings (SSSR count). The molecule has 0 aliphatic carbocycles. The summed E-state index contributed by atoms with van der Waals surface area (Å²) in [7, 11) is 1.56. The van der Waals surface area contributed by atoms with Gasteiger partial charge in [-0.15, -0.1) is 0 Å². The summed E-state index contributed by atoms with van der Waals surface area (Å²) in [5, 5.41) is 12.1. The molecule has 4 nitrogen and oxygen atoms in total. The van der Waals surface area contributed by atoms with Crippen molar-refractivity contribution in [1.82, 2.24) is 0 Å². The first-order valence-electron chi connectivity index (χ1n) is 5.54. The van der Waals surface area contributed by atoms with E-state index < -0.39 is 0 Å². The molecule has 3 N–H and O–H groups in total. The summed E-state index contributed by atoms with van der Waals surface area (Å²) in [6, 6.07) is 12.8. The second-order valence-corrected chi connectivity index (χ2v) is 4.80. The molecular weight excluding hydrogens is 306 g/mol. The number of methoxy groups -OCH3 is 1. The quantitative estimate of drug-likeness (QED) is 0.847. The lowest BCUT2D eigenvalue weighted by Crippen LogP contribution is -1.98. The Morgan fingerprint density at radius 2 is 2.00 bits per heavy atom. The van der Waals surface area contributed by atoms with E-state index in [0.29, 0.717) is 17.0 Å². The Hall–Kier alpha value is -2.19. The van der Waals surface area contributed by atoms with Crippen LogP contribution in [0.2, 0.25) is 0 Å². The van der Waals surface area contributed by atoms with Crippen molar-refractivity contribution in [3.63, 3.8) is 0 Å². The molecule has 0 radical (unpaired) electrons. The van der Waals surface area contributed by atoms with Crippen LogP contribution < -0.4 is 15.8 Å². The van der Waals surface area contributed by atoms with E-state index in [1.54, 1.807) is 25.3 Å². The zero-order chi connectivity index (χ0) is 13.8. The Bertz CT molecular complexity index is 650. The smallest absolute Gasteiger partial charge is 0.143 e. The number of rotatable bonds is 3. The van der Waals surface area contributed by atoms with Crippen molar-refractivity contribution in [3.05, 3.63) is 46.4 Å². The zero-order valence-corrected chi connectivity index (χ0v) is 11.9. The minimum atomic E-state index is 0.546. The normalized spacial score (nSPS) is 9.74. The third-order valence-electron chi connectivity index (χ3n) is 2.62. The van der Waals surface area contributed by atoms with E-state index in [-0.39, 0.29) is 0 Å². The van der Waals surface area contributed by atoms with Crippen LogP contribution in [0.3, 0.4) is 0 Å². The number of anilines is 3. The number of nitrogens with zero attached hydrogens (tertiary/aromatic N) is 1. The lowest BCUT2D eigenvalue weighted by molar-refractivity contribution is 0.416. The molecular formula is C14H12BrN3O. The van der Waals surface area contributed by atoms with E-state index in [0.717, 1.165) is 15.8 Å². The molecule has 0 saturated heterocycles. The number of nitrogens with two attached hydrogens (primary N) is 1. The van der Waals surface area contributed by atoms with E-state index in [4.69, 9.17) is 15.7 Å². The van der Waals surface area contributed by atoms with Crippen LogP contribution >= 0.6 is 15.9 Å². The third kappa shape index (κ3) is 2.98. The lowest BCUT2D eigenvalue weighted by atomic mass is 10.2. The van der Waals surface area contributed by atoms with Crippen molar-refractivity contribution < 1.29 is 4.74 Å². The summed E-state index contributed by atoms with van der Waals surface area (Å²) in [4.78, 5) is 0. The summed E-state index contributed by atoms with van der Waals surface area (Å²) in [5.74, 6) is 0.596. The van der Waals surface area contributed by atoms with Crippen LogP contribution in [0, 0.1) is 11.3 Å². The Morgan fingerprint density at radius 3 is 2.68 bits per heavy atom. The van der Waals surface area contributed by atoms with Gasteiger partial charge in [0.1, 0.15) is 5.75 Å². The molecule has 0 fully saturated rings. The fourth-order valence-corrected chi connectivity index (χ4v) is 2.01. The van der Waals surface area contributed by atoms with Crippen LogP contribution in [-0.4, -0.2) is 7.11 Å². The van der Waals surface area contributed by atoms with Gasteiger partial charge in [0, 0.05) is 10.5 Å². The van der Waals surface area contributed by atoms with Gasteiger partial charge in [-0.1, -0.05) is 15.9 Å². The summed E-state index contributed by atoms with van der Waals surface area (Å²) < 4.78 is 6.19. The molecule has 0 amide bonds. The zero-order valence-electron chi connectivity index (χ0n) is 10.3. The minimum Gasteiger partial charge on any atom is -0.495 e. The minimum absolute atomic E-state index is 0.546. The largest absolute Gasteiger partial charge is 0.495 e. The van der Waals surface area contributed by atoms with Crippen LogP contribution in [-0.2, 0) is 0 Å². The highest BCUT2D eigenvalue weighted by molar-refractivity contribution is 9.10. The van der Waals surface area contributed by atoms with Crippen molar-refractivity contribution in [2.24, 2.45) is 0 Å². The fraction of sp³-hybridized carbons (Fsp3) is 0.0714. The maximum absolute atomic E-state index is 8.87.